The first-order valence-corrected chi connectivity index (χ1v) is 7.84. The predicted molar refractivity (Wildman–Crippen MR) is 87.9 cm³/mol. The van der Waals surface area contributed by atoms with Crippen LogP contribution in [-0.2, 0) is 6.42 Å². The summed E-state index contributed by atoms with van der Waals surface area (Å²) in [4.78, 5) is 0.201. The van der Waals surface area contributed by atoms with E-state index in [-0.39, 0.29) is 4.83 Å². The summed E-state index contributed by atoms with van der Waals surface area (Å²) in [6.45, 7) is 2.05. The molecular weight excluding hydrogens is 326 g/mol. The fourth-order valence-corrected chi connectivity index (χ4v) is 2.49. The molecule has 0 saturated carbocycles. The standard InChI is InChI=1S/C17H16BrN3/c1-13(18)16-12-21(20-19-16)17-10-6-5-9-15(17)11-14-7-3-2-4-8-14/h2-10,12-13H,11H2,1H3. The van der Waals surface area contributed by atoms with Gasteiger partial charge in [-0.3, -0.25) is 0 Å². The molecule has 3 aromatic rings. The second kappa shape index (κ2) is 6.22. The van der Waals surface area contributed by atoms with Gasteiger partial charge in [-0.2, -0.15) is 0 Å². The smallest absolute Gasteiger partial charge is 0.0965 e. The van der Waals surface area contributed by atoms with Crippen molar-refractivity contribution < 1.29 is 0 Å². The topological polar surface area (TPSA) is 30.7 Å². The van der Waals surface area contributed by atoms with Crippen LogP contribution in [0.5, 0.6) is 0 Å². The SMILES string of the molecule is CC(Br)c1cn(-c2ccccc2Cc2ccccc2)nn1. The summed E-state index contributed by atoms with van der Waals surface area (Å²) >= 11 is 3.52. The van der Waals surface area contributed by atoms with Gasteiger partial charge >= 0.3 is 0 Å². The van der Waals surface area contributed by atoms with Crippen molar-refractivity contribution in [2.45, 2.75) is 18.2 Å². The quantitative estimate of drug-likeness (QED) is 0.662. The van der Waals surface area contributed by atoms with E-state index in [1.165, 1.54) is 11.1 Å². The van der Waals surface area contributed by atoms with E-state index in [9.17, 15) is 0 Å². The highest BCUT2D eigenvalue weighted by Gasteiger charge is 2.10. The molecule has 0 fully saturated rings. The molecule has 3 rings (SSSR count). The molecule has 0 aliphatic heterocycles. The first kappa shape index (κ1) is 14.0. The molecular formula is C17H16BrN3. The molecule has 2 aromatic carbocycles. The van der Waals surface area contributed by atoms with Gasteiger partial charge in [0.15, 0.2) is 0 Å². The lowest BCUT2D eigenvalue weighted by Crippen LogP contribution is -2.01. The third kappa shape index (κ3) is 3.22. The van der Waals surface area contributed by atoms with Crippen LogP contribution in [0.15, 0.2) is 60.8 Å². The summed E-state index contributed by atoms with van der Waals surface area (Å²) in [7, 11) is 0. The van der Waals surface area contributed by atoms with Crippen molar-refractivity contribution in [1.82, 2.24) is 15.0 Å². The van der Waals surface area contributed by atoms with Gasteiger partial charge in [0.1, 0.15) is 0 Å². The highest BCUT2D eigenvalue weighted by Crippen LogP contribution is 2.22. The van der Waals surface area contributed by atoms with E-state index in [1.54, 1.807) is 0 Å². The van der Waals surface area contributed by atoms with E-state index >= 15 is 0 Å². The van der Waals surface area contributed by atoms with Crippen molar-refractivity contribution in [3.8, 4) is 5.69 Å². The molecule has 4 heteroatoms. The second-order valence-corrected chi connectivity index (χ2v) is 6.37. The number of halogens is 1. The molecule has 106 valence electrons. The molecule has 0 N–H and O–H groups in total. The lowest BCUT2D eigenvalue weighted by atomic mass is 10.0. The number of hydrogen-bond donors (Lipinski definition) is 0. The number of hydrogen-bond acceptors (Lipinski definition) is 2. The van der Waals surface area contributed by atoms with Gasteiger partial charge in [0.25, 0.3) is 0 Å². The second-order valence-electron chi connectivity index (χ2n) is 5.00. The van der Waals surface area contributed by atoms with Crippen molar-refractivity contribution in [3.63, 3.8) is 0 Å². The van der Waals surface area contributed by atoms with Crippen LogP contribution in [0.3, 0.4) is 0 Å². The number of aromatic nitrogens is 3. The summed E-state index contributed by atoms with van der Waals surface area (Å²) < 4.78 is 1.85. The molecule has 21 heavy (non-hydrogen) atoms. The summed E-state index contributed by atoms with van der Waals surface area (Å²) in [5.41, 5.74) is 4.54. The molecule has 1 atom stereocenters. The van der Waals surface area contributed by atoms with Gasteiger partial charge in [0, 0.05) is 0 Å². The average molecular weight is 342 g/mol. The molecule has 0 saturated heterocycles. The van der Waals surface area contributed by atoms with E-state index < -0.39 is 0 Å². The van der Waals surface area contributed by atoms with Gasteiger partial charge in [-0.05, 0) is 30.5 Å². The average Bonchev–Trinajstić information content (AvgIpc) is 2.99. The van der Waals surface area contributed by atoms with Crippen molar-refractivity contribution in [3.05, 3.63) is 77.6 Å². The zero-order valence-electron chi connectivity index (χ0n) is 11.8. The zero-order valence-corrected chi connectivity index (χ0v) is 13.4. The lowest BCUT2D eigenvalue weighted by molar-refractivity contribution is 0.790. The zero-order chi connectivity index (χ0) is 14.7. The van der Waals surface area contributed by atoms with Crippen LogP contribution in [-0.4, -0.2) is 15.0 Å². The summed E-state index contributed by atoms with van der Waals surface area (Å²) in [6, 6.07) is 18.8. The Balaban J connectivity index is 1.95. The maximum atomic E-state index is 4.25. The first-order chi connectivity index (χ1) is 10.2. The predicted octanol–water partition coefficient (Wildman–Crippen LogP) is 4.31. The number of nitrogens with zero attached hydrogens (tertiary/aromatic N) is 3. The Morgan fingerprint density at radius 3 is 2.48 bits per heavy atom. The van der Waals surface area contributed by atoms with E-state index in [2.05, 4.69) is 68.7 Å². The Kier molecular flexibility index (Phi) is 4.15. The maximum absolute atomic E-state index is 4.25. The number of alkyl halides is 1. The number of rotatable bonds is 4. The van der Waals surface area contributed by atoms with Crippen LogP contribution in [0.4, 0.5) is 0 Å². The lowest BCUT2D eigenvalue weighted by Gasteiger charge is -2.09. The Hall–Kier alpha value is -1.94. The van der Waals surface area contributed by atoms with Gasteiger partial charge in [0.2, 0.25) is 0 Å². The Morgan fingerprint density at radius 1 is 1.05 bits per heavy atom. The fraction of sp³-hybridized carbons (Fsp3) is 0.176. The monoisotopic (exact) mass is 341 g/mol. The van der Waals surface area contributed by atoms with Crippen LogP contribution >= 0.6 is 15.9 Å². The van der Waals surface area contributed by atoms with Crippen molar-refractivity contribution in [2.24, 2.45) is 0 Å². The minimum absolute atomic E-state index is 0.201. The summed E-state index contributed by atoms with van der Waals surface area (Å²) in [5, 5.41) is 8.45. The van der Waals surface area contributed by atoms with Crippen molar-refractivity contribution >= 4 is 15.9 Å². The summed E-state index contributed by atoms with van der Waals surface area (Å²) in [5.74, 6) is 0. The normalized spacial score (nSPS) is 12.3. The van der Waals surface area contributed by atoms with Crippen LogP contribution in [0.25, 0.3) is 5.69 Å². The van der Waals surface area contributed by atoms with Crippen molar-refractivity contribution in [2.75, 3.05) is 0 Å². The minimum Gasteiger partial charge on any atom is -0.220 e. The van der Waals surface area contributed by atoms with Gasteiger partial charge in [-0.25, -0.2) is 4.68 Å². The van der Waals surface area contributed by atoms with Gasteiger partial charge in [0.05, 0.1) is 22.4 Å². The Labute approximate surface area is 132 Å². The molecule has 0 spiro atoms. The number of para-hydroxylation sites is 1. The maximum Gasteiger partial charge on any atom is 0.0965 e. The molecule has 3 nitrogen and oxygen atoms in total. The van der Waals surface area contributed by atoms with Gasteiger partial charge in [-0.1, -0.05) is 69.7 Å². The summed E-state index contributed by atoms with van der Waals surface area (Å²) in [6.07, 6.45) is 2.86. The van der Waals surface area contributed by atoms with E-state index in [1.807, 2.05) is 29.9 Å². The van der Waals surface area contributed by atoms with E-state index in [0.29, 0.717) is 0 Å². The molecule has 1 unspecified atom stereocenters. The highest BCUT2D eigenvalue weighted by molar-refractivity contribution is 9.09. The van der Waals surface area contributed by atoms with Crippen LogP contribution in [0, 0.1) is 0 Å². The molecule has 0 radical (unpaired) electrons. The minimum atomic E-state index is 0.201. The van der Waals surface area contributed by atoms with Gasteiger partial charge < -0.3 is 0 Å². The Bertz CT molecular complexity index is 720. The third-order valence-electron chi connectivity index (χ3n) is 3.39. The highest BCUT2D eigenvalue weighted by atomic mass is 79.9. The van der Waals surface area contributed by atoms with Crippen LogP contribution in [0.1, 0.15) is 28.6 Å². The third-order valence-corrected chi connectivity index (χ3v) is 3.86. The molecule has 1 heterocycles. The molecule has 0 aliphatic carbocycles. The van der Waals surface area contributed by atoms with E-state index in [0.717, 1.165) is 17.8 Å². The van der Waals surface area contributed by atoms with Crippen LogP contribution in [0.2, 0.25) is 0 Å². The Morgan fingerprint density at radius 2 is 1.76 bits per heavy atom. The molecule has 0 amide bonds. The molecule has 0 bridgehead atoms. The van der Waals surface area contributed by atoms with Crippen LogP contribution < -0.4 is 0 Å². The largest absolute Gasteiger partial charge is 0.220 e. The molecule has 0 aliphatic rings. The number of benzene rings is 2. The van der Waals surface area contributed by atoms with E-state index in [4.69, 9.17) is 0 Å². The van der Waals surface area contributed by atoms with Gasteiger partial charge in [-0.15, -0.1) is 5.10 Å². The fourth-order valence-electron chi connectivity index (χ4n) is 2.28. The van der Waals surface area contributed by atoms with Crippen molar-refractivity contribution in [1.29, 1.82) is 0 Å². The molecule has 1 aromatic heterocycles. The first-order valence-electron chi connectivity index (χ1n) is 6.92.